The summed E-state index contributed by atoms with van der Waals surface area (Å²) in [6.45, 7) is 1.75. The number of alkyl halides is 3. The van der Waals surface area contributed by atoms with Crippen molar-refractivity contribution in [1.82, 2.24) is 0 Å². The zero-order valence-electron chi connectivity index (χ0n) is 7.91. The van der Waals surface area contributed by atoms with Crippen molar-refractivity contribution in [2.75, 3.05) is 0 Å². The van der Waals surface area contributed by atoms with Crippen LogP contribution in [0.25, 0.3) is 10.4 Å². The van der Waals surface area contributed by atoms with Crippen molar-refractivity contribution in [3.8, 4) is 0 Å². The number of hydrogen-bond acceptors (Lipinski definition) is 1. The van der Waals surface area contributed by atoms with Crippen LogP contribution in [-0.2, 0) is 12.6 Å². The van der Waals surface area contributed by atoms with Gasteiger partial charge in [0, 0.05) is 10.6 Å². The van der Waals surface area contributed by atoms with E-state index in [0.717, 1.165) is 6.07 Å². The Hall–Kier alpha value is -1.68. The van der Waals surface area contributed by atoms with Gasteiger partial charge in [-0.3, -0.25) is 0 Å². The number of aryl methyl sites for hydroxylation is 1. The average molecular weight is 215 g/mol. The first-order valence-electron chi connectivity index (χ1n) is 4.24. The topological polar surface area (TPSA) is 48.8 Å². The molecular weight excluding hydrogens is 207 g/mol. The zero-order valence-corrected chi connectivity index (χ0v) is 7.91. The van der Waals surface area contributed by atoms with Crippen LogP contribution in [0.4, 0.5) is 18.9 Å². The van der Waals surface area contributed by atoms with Crippen LogP contribution in [0.2, 0.25) is 0 Å². The summed E-state index contributed by atoms with van der Waals surface area (Å²) in [5.41, 5.74) is 7.41. The molecule has 15 heavy (non-hydrogen) atoms. The van der Waals surface area contributed by atoms with Gasteiger partial charge in [-0.1, -0.05) is 24.2 Å². The SMILES string of the molecule is CCc1ccc(N=[N+]=[N-])c(C(F)(F)F)c1. The van der Waals surface area contributed by atoms with E-state index in [4.69, 9.17) is 5.53 Å². The van der Waals surface area contributed by atoms with Crippen LogP contribution >= 0.6 is 0 Å². The number of azide groups is 1. The number of nitrogens with zero attached hydrogens (tertiary/aromatic N) is 3. The third-order valence-electron chi connectivity index (χ3n) is 1.93. The highest BCUT2D eigenvalue weighted by Gasteiger charge is 2.33. The highest BCUT2D eigenvalue weighted by Crippen LogP contribution is 2.37. The van der Waals surface area contributed by atoms with Gasteiger partial charge in [0.05, 0.1) is 5.56 Å². The summed E-state index contributed by atoms with van der Waals surface area (Å²) in [5, 5.41) is 3.01. The van der Waals surface area contributed by atoms with Crippen LogP contribution in [0.15, 0.2) is 23.3 Å². The molecule has 1 aromatic carbocycles. The van der Waals surface area contributed by atoms with E-state index in [1.54, 1.807) is 6.92 Å². The van der Waals surface area contributed by atoms with Gasteiger partial charge in [0.1, 0.15) is 0 Å². The highest BCUT2D eigenvalue weighted by molar-refractivity contribution is 5.49. The number of benzene rings is 1. The van der Waals surface area contributed by atoms with E-state index in [9.17, 15) is 13.2 Å². The van der Waals surface area contributed by atoms with E-state index in [1.165, 1.54) is 12.1 Å². The molecule has 0 saturated carbocycles. The molecule has 0 saturated heterocycles. The Bertz CT molecular complexity index is 406. The monoisotopic (exact) mass is 215 g/mol. The third-order valence-corrected chi connectivity index (χ3v) is 1.93. The van der Waals surface area contributed by atoms with Gasteiger partial charge in [-0.25, -0.2) is 0 Å². The van der Waals surface area contributed by atoms with E-state index in [0.29, 0.717) is 12.0 Å². The van der Waals surface area contributed by atoms with Gasteiger partial charge in [-0.15, -0.1) is 0 Å². The fraction of sp³-hybridized carbons (Fsp3) is 0.333. The van der Waals surface area contributed by atoms with Crippen molar-refractivity contribution in [3.05, 3.63) is 39.8 Å². The second-order valence-electron chi connectivity index (χ2n) is 2.89. The van der Waals surface area contributed by atoms with Gasteiger partial charge in [0.25, 0.3) is 0 Å². The fourth-order valence-corrected chi connectivity index (χ4v) is 1.17. The molecule has 0 unspecified atom stereocenters. The van der Waals surface area contributed by atoms with Crippen LogP contribution in [0.3, 0.4) is 0 Å². The summed E-state index contributed by atoms with van der Waals surface area (Å²) in [7, 11) is 0. The Morgan fingerprint density at radius 2 is 2.07 bits per heavy atom. The lowest BCUT2D eigenvalue weighted by Gasteiger charge is -2.10. The second-order valence-corrected chi connectivity index (χ2v) is 2.89. The first kappa shape index (κ1) is 11.4. The molecule has 6 heteroatoms. The molecule has 1 rings (SSSR count). The average Bonchev–Trinajstić information content (AvgIpc) is 2.17. The first-order valence-corrected chi connectivity index (χ1v) is 4.24. The lowest BCUT2D eigenvalue weighted by Crippen LogP contribution is -2.05. The predicted octanol–water partition coefficient (Wildman–Crippen LogP) is 4.21. The molecule has 80 valence electrons. The maximum Gasteiger partial charge on any atom is 0.416 e. The molecule has 0 N–H and O–H groups in total. The van der Waals surface area contributed by atoms with E-state index < -0.39 is 11.7 Å². The number of hydrogen-bond donors (Lipinski definition) is 0. The highest BCUT2D eigenvalue weighted by atomic mass is 19.4. The standard InChI is InChI=1S/C9H8F3N3/c1-2-6-3-4-8(14-15-13)7(5-6)9(10,11)12/h3-5H,2H2,1H3. The van der Waals surface area contributed by atoms with E-state index >= 15 is 0 Å². The van der Waals surface area contributed by atoms with E-state index in [1.807, 2.05) is 0 Å². The van der Waals surface area contributed by atoms with Gasteiger partial charge < -0.3 is 0 Å². The van der Waals surface area contributed by atoms with E-state index in [2.05, 4.69) is 10.0 Å². The molecule has 0 aliphatic heterocycles. The Balaban J connectivity index is 3.35. The van der Waals surface area contributed by atoms with Crippen molar-refractivity contribution >= 4 is 5.69 Å². The maximum absolute atomic E-state index is 12.5. The fourth-order valence-electron chi connectivity index (χ4n) is 1.17. The van der Waals surface area contributed by atoms with Gasteiger partial charge in [0.15, 0.2) is 0 Å². The number of rotatable bonds is 2. The predicted molar refractivity (Wildman–Crippen MR) is 49.6 cm³/mol. The molecule has 0 radical (unpaired) electrons. The summed E-state index contributed by atoms with van der Waals surface area (Å²) in [5.74, 6) is 0. The molecule has 0 bridgehead atoms. The minimum atomic E-state index is -4.49. The summed E-state index contributed by atoms with van der Waals surface area (Å²) in [6, 6.07) is 3.70. The first-order chi connectivity index (χ1) is 6.99. The molecule has 0 spiro atoms. The number of halogens is 3. The van der Waals surface area contributed by atoms with Crippen molar-refractivity contribution < 1.29 is 13.2 Å². The van der Waals surface area contributed by atoms with Gasteiger partial charge >= 0.3 is 6.18 Å². The Morgan fingerprint density at radius 3 is 2.53 bits per heavy atom. The smallest absolute Gasteiger partial charge is 0.166 e. The van der Waals surface area contributed by atoms with Crippen molar-refractivity contribution in [1.29, 1.82) is 0 Å². The lowest BCUT2D eigenvalue weighted by molar-refractivity contribution is -0.137. The molecule has 0 fully saturated rings. The molecule has 0 heterocycles. The zero-order chi connectivity index (χ0) is 11.5. The molecular formula is C9H8F3N3. The molecule has 3 nitrogen and oxygen atoms in total. The van der Waals surface area contributed by atoms with Crippen LogP contribution in [0.1, 0.15) is 18.1 Å². The van der Waals surface area contributed by atoms with Crippen LogP contribution in [0.5, 0.6) is 0 Å². The van der Waals surface area contributed by atoms with Gasteiger partial charge in [0.2, 0.25) is 0 Å². The molecule has 0 aliphatic rings. The second kappa shape index (κ2) is 4.23. The van der Waals surface area contributed by atoms with Crippen LogP contribution in [-0.4, -0.2) is 0 Å². The van der Waals surface area contributed by atoms with Crippen LogP contribution in [0, 0.1) is 0 Å². The molecule has 0 amide bonds. The summed E-state index contributed by atoms with van der Waals surface area (Å²) in [4.78, 5) is 2.36. The van der Waals surface area contributed by atoms with Gasteiger partial charge in [-0.05, 0) is 23.6 Å². The normalized spacial score (nSPS) is 10.9. The quantitative estimate of drug-likeness (QED) is 0.403. The molecule has 0 aliphatic carbocycles. The van der Waals surface area contributed by atoms with Crippen molar-refractivity contribution in [3.63, 3.8) is 0 Å². The third kappa shape index (κ3) is 2.63. The summed E-state index contributed by atoms with van der Waals surface area (Å²) >= 11 is 0. The largest absolute Gasteiger partial charge is 0.416 e. The summed E-state index contributed by atoms with van der Waals surface area (Å²) in [6.07, 6.45) is -3.99. The Morgan fingerprint density at radius 1 is 1.40 bits per heavy atom. The Kier molecular flexibility index (Phi) is 3.21. The van der Waals surface area contributed by atoms with Crippen molar-refractivity contribution in [2.24, 2.45) is 5.11 Å². The van der Waals surface area contributed by atoms with Crippen molar-refractivity contribution in [2.45, 2.75) is 19.5 Å². The lowest BCUT2D eigenvalue weighted by atomic mass is 10.1. The molecule has 0 atom stereocenters. The molecule has 0 aromatic heterocycles. The molecule has 1 aromatic rings. The van der Waals surface area contributed by atoms with Gasteiger partial charge in [-0.2, -0.15) is 13.2 Å². The summed E-state index contributed by atoms with van der Waals surface area (Å²) < 4.78 is 37.5. The van der Waals surface area contributed by atoms with Crippen LogP contribution < -0.4 is 0 Å². The maximum atomic E-state index is 12.5. The Labute approximate surface area is 84.2 Å². The minimum Gasteiger partial charge on any atom is -0.166 e. The van der Waals surface area contributed by atoms with E-state index in [-0.39, 0.29) is 5.69 Å². The minimum absolute atomic E-state index is 0.387.